The summed E-state index contributed by atoms with van der Waals surface area (Å²) >= 11 is 0. The summed E-state index contributed by atoms with van der Waals surface area (Å²) < 4.78 is 64.6. The lowest BCUT2D eigenvalue weighted by atomic mass is 9.89. The van der Waals surface area contributed by atoms with Gasteiger partial charge in [0.1, 0.15) is 56.0 Å². The first kappa shape index (κ1) is 102. The minimum absolute atomic E-state index is 0.00184. The minimum atomic E-state index is -4.51. The van der Waals surface area contributed by atoms with Gasteiger partial charge in [0.2, 0.25) is 35.7 Å². The van der Waals surface area contributed by atoms with Crippen LogP contribution in [0.4, 0.5) is 92.5 Å². The van der Waals surface area contributed by atoms with Crippen LogP contribution in [0.3, 0.4) is 0 Å². The molecule has 0 amide bonds. The van der Waals surface area contributed by atoms with Crippen molar-refractivity contribution in [1.29, 1.82) is 0 Å². The fourth-order valence-electron chi connectivity index (χ4n) is 12.9. The van der Waals surface area contributed by atoms with Crippen molar-refractivity contribution in [3.63, 3.8) is 0 Å². The third kappa shape index (κ3) is 31.5. The Balaban J connectivity index is 0.000000209. The van der Waals surface area contributed by atoms with Crippen LogP contribution in [-0.4, -0.2) is 201 Å². The summed E-state index contributed by atoms with van der Waals surface area (Å²) in [6.45, 7) is 21.0. The second kappa shape index (κ2) is 50.0. The summed E-state index contributed by atoms with van der Waals surface area (Å²) in [5.41, 5.74) is 41.4. The third-order valence-corrected chi connectivity index (χ3v) is 19.8. The molecule has 0 bridgehead atoms. The van der Waals surface area contributed by atoms with Gasteiger partial charge < -0.3 is 102 Å². The van der Waals surface area contributed by atoms with Crippen molar-refractivity contribution in [2.24, 2.45) is 0 Å². The molecule has 0 radical (unpaired) electrons. The fourth-order valence-corrected chi connectivity index (χ4v) is 12.9. The lowest BCUT2D eigenvalue weighted by Gasteiger charge is -2.31. The normalized spacial score (nSPS) is 13.1. The number of nitrogen functional groups attached to an aromatic ring is 6. The van der Waals surface area contributed by atoms with Gasteiger partial charge in [-0.15, -0.1) is 0 Å². The van der Waals surface area contributed by atoms with Crippen molar-refractivity contribution in [2.75, 3.05) is 99.3 Å². The molecule has 12 rings (SSSR count). The van der Waals surface area contributed by atoms with E-state index in [9.17, 15) is 57.4 Å². The molecule has 42 heteroatoms. The Kier molecular flexibility index (Phi) is 40.0. The molecule has 0 aliphatic rings. The number of ketones is 1. The highest BCUT2D eigenvalue weighted by Gasteiger charge is 2.32. The molecule has 127 heavy (non-hydrogen) atoms. The van der Waals surface area contributed by atoms with Crippen LogP contribution in [0.15, 0.2) is 73.4 Å². The average molecular weight is 1770 g/mol. The second-order valence-corrected chi connectivity index (χ2v) is 30.8. The Bertz CT molecular complexity index is 5500. The van der Waals surface area contributed by atoms with Crippen LogP contribution in [0.2, 0.25) is 0 Å². The Morgan fingerprint density at radius 1 is 0.441 bits per heavy atom. The van der Waals surface area contributed by atoms with E-state index in [4.69, 9.17) is 34.4 Å². The molecule has 0 saturated heterocycles. The van der Waals surface area contributed by atoms with E-state index >= 15 is 0 Å². The number of rotatable bonds is 37. The molecule has 12 aromatic rings. The number of nitrogens with two attached hydrogens (primary N) is 6. The van der Waals surface area contributed by atoms with E-state index in [1.54, 1.807) is 38.4 Å². The molecule has 12 heterocycles. The summed E-state index contributed by atoms with van der Waals surface area (Å²) in [6.07, 6.45) is 17.1. The van der Waals surface area contributed by atoms with Gasteiger partial charge in [-0.3, -0.25) is 19.9 Å². The highest BCUT2D eigenvalue weighted by molar-refractivity contribution is 5.91. The van der Waals surface area contributed by atoms with Crippen LogP contribution in [0.25, 0.3) is 66.2 Å². The smallest absolute Gasteiger partial charge is 0.417 e. The Morgan fingerprint density at radius 2 is 0.835 bits per heavy atom. The number of aliphatic hydroxyl groups is 5. The number of halogens is 5. The number of carbonyl (C=O) groups is 1. The van der Waals surface area contributed by atoms with Crippen LogP contribution in [0.1, 0.15) is 194 Å². The number of hydrogen-bond donors (Lipinski definition) is 18. The van der Waals surface area contributed by atoms with Crippen molar-refractivity contribution in [3.8, 4) is 5.75 Å². The first-order chi connectivity index (χ1) is 60.6. The number of Topliss-reactive ketones (excluding diaryl/α,β-unsaturated/α-hetero) is 1. The topological polar surface area (TPSA) is 599 Å². The number of hydrogen-bond acceptors (Lipinski definition) is 37. The van der Waals surface area contributed by atoms with Gasteiger partial charge in [0.15, 0.2) is 34.9 Å². The molecule has 688 valence electrons. The number of aromatic hydroxyl groups is 1. The number of fused-ring (bicyclic) bond motifs is 6. The van der Waals surface area contributed by atoms with Crippen molar-refractivity contribution in [2.45, 2.75) is 240 Å². The molecule has 0 aliphatic heterocycles. The van der Waals surface area contributed by atoms with Crippen molar-refractivity contribution >= 4 is 143 Å². The zero-order valence-electron chi connectivity index (χ0n) is 73.7. The summed E-state index contributed by atoms with van der Waals surface area (Å²) in [5.74, 6) is 3.11. The zero-order valence-corrected chi connectivity index (χ0v) is 73.7. The van der Waals surface area contributed by atoms with Crippen LogP contribution in [0, 0.1) is 19.7 Å². The average Bonchev–Trinajstić information content (AvgIpc) is 0.788. The maximum absolute atomic E-state index is 13.5. The standard InChI is InChI=1S/C18H27N5O.C15H23N5O.C13H16F3N5O.2C13H18FN5O.C13H19N5O2/c1-5-6-8-18(4,9-7-13(3)24)23-16-15-14(21-17(19)22-16)10-12(2)11-20-15;1-3-5-6-11(9-21)18-14-13-12(19-15(16)20-14)7-10(4-2)8-17-13;1-2-3-8(6-22)19-11-10-9(20-12(17)21-11)4-7(5-18-10)13(14,15)16;1-8(14)4-5-9(7-20)17-12-11-10(3-2-6-16-11)18-13(15)19-12;1-3-4-8(6-20)17-12-11-10(18-13(15)19-12)5-9(14)7(2)16-11;1-2-3-4-8(7-19)16-12-11-10(17-13(14)18-12)5-9(20)6-15-11/h10-11H,5-9H2,1-4H3,(H3,19,21,22,23);7-8,11,21H,3-6,9H2,1-2H3,(H3,16,18,19,20);4-5,8,22H,2-3,6H2,1H3,(H3,17,19,20,21);2-3,6,8-9,20H,4-5,7H2,1H3,(H3,15,17,18,19);5,8,20H,3-4,6H2,1-2H3,(H3,15,17,18,19);5-6,8,19-20H,2-4,7H2,1H3,(H3,14,16,17,18)/t18-;11-;8-;8?,9-;2*8-/m110101/s1. The summed E-state index contributed by atoms with van der Waals surface area (Å²) in [6, 6.07) is 10.2. The van der Waals surface area contributed by atoms with Gasteiger partial charge in [0.05, 0.1) is 114 Å². The summed E-state index contributed by atoms with van der Waals surface area (Å²) in [5, 5.41) is 75.3. The molecular weight excluding hydrogens is 1650 g/mol. The lowest BCUT2D eigenvalue weighted by molar-refractivity contribution is -0.137. The lowest BCUT2D eigenvalue weighted by Crippen LogP contribution is -2.36. The molecule has 0 aromatic carbocycles. The van der Waals surface area contributed by atoms with E-state index in [-0.39, 0.29) is 139 Å². The Hall–Kier alpha value is -12.5. The van der Waals surface area contributed by atoms with Gasteiger partial charge in [-0.1, -0.05) is 92.9 Å². The molecular formula is C85H121F5N30O7. The summed E-state index contributed by atoms with van der Waals surface area (Å²) in [7, 11) is 0. The largest absolute Gasteiger partial charge is 0.506 e. The first-order valence-corrected chi connectivity index (χ1v) is 42.4. The fraction of sp³-hybridized carbons (Fsp3) is 0.494. The maximum atomic E-state index is 13.5. The Morgan fingerprint density at radius 3 is 1.28 bits per heavy atom. The number of aromatic nitrogens is 18. The number of unbranched alkanes of at least 4 members (excludes halogenated alkanes) is 3. The highest BCUT2D eigenvalue weighted by Crippen LogP contribution is 2.34. The number of pyridine rings is 6. The third-order valence-electron chi connectivity index (χ3n) is 19.8. The monoisotopic (exact) mass is 1770 g/mol. The number of aryl methyl sites for hydroxylation is 3. The maximum Gasteiger partial charge on any atom is 0.417 e. The van der Waals surface area contributed by atoms with Crippen LogP contribution >= 0.6 is 0 Å². The van der Waals surface area contributed by atoms with Gasteiger partial charge in [0, 0.05) is 48.9 Å². The highest BCUT2D eigenvalue weighted by atomic mass is 19.4. The number of nitrogens with zero attached hydrogens (tertiary/aromatic N) is 18. The Labute approximate surface area is 733 Å². The molecule has 0 fully saturated rings. The number of alkyl halides is 4. The van der Waals surface area contributed by atoms with Gasteiger partial charge in [-0.05, 0) is 134 Å². The van der Waals surface area contributed by atoms with E-state index < -0.39 is 23.7 Å². The predicted octanol–water partition coefficient (Wildman–Crippen LogP) is 12.4. The van der Waals surface area contributed by atoms with Crippen molar-refractivity contribution in [3.05, 3.63) is 102 Å². The van der Waals surface area contributed by atoms with Gasteiger partial charge in [-0.2, -0.15) is 43.1 Å². The first-order valence-electron chi connectivity index (χ1n) is 42.4. The molecule has 0 spiro atoms. The SMILES string of the molecule is CC(F)CC[C@H](CO)Nc1nc(N)nc2cccnc12.CCCC[C@H](CO)Nc1nc(N)nc2cc(CC)cnc12.CCCC[C@H](CO)Nc1nc(N)nc2cc(O)cnc12.CCCC[C@](C)(CCC(C)=O)Nc1nc(N)nc2cc(C)cnc12.CCC[C@@H](CO)Nc1nc(N)nc2cc(C(F)(F)F)cnc12.CCC[C@@H](CO)Nc1nc(N)nc2cc(F)c(C)nc12. The minimum Gasteiger partial charge on any atom is -0.506 e. The van der Waals surface area contributed by atoms with Crippen LogP contribution in [-0.2, 0) is 17.4 Å². The van der Waals surface area contributed by atoms with Crippen molar-refractivity contribution < 1.29 is 57.4 Å². The van der Waals surface area contributed by atoms with E-state index in [1.807, 2.05) is 39.1 Å². The molecule has 37 nitrogen and oxygen atoms in total. The van der Waals surface area contributed by atoms with E-state index in [0.717, 1.165) is 124 Å². The second-order valence-electron chi connectivity index (χ2n) is 30.8. The number of anilines is 12. The summed E-state index contributed by atoms with van der Waals surface area (Å²) in [4.78, 5) is 85.9. The molecule has 1 unspecified atom stereocenters. The molecule has 12 aromatic heterocycles. The van der Waals surface area contributed by atoms with E-state index in [2.05, 4.69) is 156 Å². The molecule has 0 saturated carbocycles. The predicted molar refractivity (Wildman–Crippen MR) is 489 cm³/mol. The quantitative estimate of drug-likeness (QED) is 0.0161. The molecule has 7 atom stereocenters. The molecule has 24 N–H and O–H groups in total. The van der Waals surface area contributed by atoms with Crippen molar-refractivity contribution in [1.82, 2.24) is 89.7 Å². The van der Waals surface area contributed by atoms with Gasteiger partial charge >= 0.3 is 6.18 Å². The number of carbonyl (C=O) groups excluding carboxylic acids is 1. The van der Waals surface area contributed by atoms with E-state index in [1.165, 1.54) is 25.3 Å². The zero-order chi connectivity index (χ0) is 93.1. The van der Waals surface area contributed by atoms with Crippen LogP contribution < -0.4 is 66.3 Å². The van der Waals surface area contributed by atoms with E-state index in [0.29, 0.717) is 98.9 Å². The van der Waals surface area contributed by atoms with Crippen LogP contribution in [0.5, 0.6) is 5.75 Å². The number of aliphatic hydroxyl groups excluding tert-OH is 5. The number of nitrogens with one attached hydrogen (secondary N) is 6. The molecule has 0 aliphatic carbocycles. The van der Waals surface area contributed by atoms with Gasteiger partial charge in [-0.25, -0.2) is 48.7 Å². The van der Waals surface area contributed by atoms with Gasteiger partial charge in [0.25, 0.3) is 0 Å².